The predicted octanol–water partition coefficient (Wildman–Crippen LogP) is 4.30. The lowest BCUT2D eigenvalue weighted by atomic mass is 10.2. The average molecular weight is 410 g/mol. The first kappa shape index (κ1) is 16.5. The van der Waals surface area contributed by atoms with E-state index in [0.717, 1.165) is 26.8 Å². The molecule has 1 aromatic carbocycles. The van der Waals surface area contributed by atoms with Crippen molar-refractivity contribution in [2.45, 2.75) is 13.0 Å². The highest BCUT2D eigenvalue weighted by Crippen LogP contribution is 2.31. The highest BCUT2D eigenvalue weighted by molar-refractivity contribution is 9.10. The van der Waals surface area contributed by atoms with Crippen LogP contribution in [-0.2, 0) is 0 Å². The van der Waals surface area contributed by atoms with Gasteiger partial charge in [0.05, 0.1) is 11.2 Å². The number of nitrogen functional groups attached to an aromatic ring is 1. The summed E-state index contributed by atoms with van der Waals surface area (Å²) in [6, 6.07) is 13.4. The Morgan fingerprint density at radius 1 is 1.15 bits per heavy atom. The molecule has 3 heterocycles. The molecule has 0 aliphatic carbocycles. The third kappa shape index (κ3) is 3.13. The lowest BCUT2D eigenvalue weighted by molar-refractivity contribution is 0.222. The summed E-state index contributed by atoms with van der Waals surface area (Å²) in [6.07, 6.45) is 5.01. The number of aromatic nitrogens is 4. The molecule has 0 bridgehead atoms. The van der Waals surface area contributed by atoms with Crippen LogP contribution in [-0.4, -0.2) is 19.7 Å². The monoisotopic (exact) mass is 409 g/mol. The molecular formula is C19H16BrN5O. The van der Waals surface area contributed by atoms with Crippen molar-refractivity contribution < 1.29 is 4.74 Å². The zero-order valence-corrected chi connectivity index (χ0v) is 15.6. The molecule has 0 saturated heterocycles. The van der Waals surface area contributed by atoms with Crippen molar-refractivity contribution in [3.8, 4) is 11.4 Å². The number of pyridine rings is 2. The lowest BCUT2D eigenvalue weighted by Gasteiger charge is -2.18. The zero-order chi connectivity index (χ0) is 18.1. The van der Waals surface area contributed by atoms with E-state index in [0.29, 0.717) is 11.6 Å². The van der Waals surface area contributed by atoms with Gasteiger partial charge in [0.25, 0.3) is 0 Å². The Morgan fingerprint density at radius 2 is 2.04 bits per heavy atom. The van der Waals surface area contributed by atoms with Crippen LogP contribution in [0.4, 0.5) is 5.82 Å². The van der Waals surface area contributed by atoms with Gasteiger partial charge in [-0.15, -0.1) is 0 Å². The summed E-state index contributed by atoms with van der Waals surface area (Å²) in [5, 5.41) is 5.23. The number of nitrogens with two attached hydrogens (primary N) is 1. The van der Waals surface area contributed by atoms with Gasteiger partial charge in [-0.25, -0.2) is 9.67 Å². The van der Waals surface area contributed by atoms with Gasteiger partial charge < -0.3 is 10.5 Å². The minimum absolute atomic E-state index is 0.330. The van der Waals surface area contributed by atoms with Crippen LogP contribution in [0, 0.1) is 0 Å². The molecule has 4 aromatic rings. The summed E-state index contributed by atoms with van der Waals surface area (Å²) in [5.74, 6) is 0.878. The maximum absolute atomic E-state index is 6.11. The Morgan fingerprint density at radius 3 is 2.85 bits per heavy atom. The Labute approximate surface area is 158 Å². The number of halogens is 1. The average Bonchev–Trinajstić information content (AvgIpc) is 3.17. The molecule has 1 atom stereocenters. The van der Waals surface area contributed by atoms with Gasteiger partial charge in [0, 0.05) is 28.4 Å². The van der Waals surface area contributed by atoms with Crippen molar-refractivity contribution >= 4 is 32.7 Å². The van der Waals surface area contributed by atoms with E-state index in [2.05, 4.69) is 31.0 Å². The molecule has 26 heavy (non-hydrogen) atoms. The van der Waals surface area contributed by atoms with Gasteiger partial charge in [-0.2, -0.15) is 5.10 Å². The van der Waals surface area contributed by atoms with Crippen molar-refractivity contribution in [3.05, 3.63) is 71.2 Å². The molecule has 0 saturated carbocycles. The maximum atomic E-state index is 6.11. The smallest absolute Gasteiger partial charge is 0.166 e. The van der Waals surface area contributed by atoms with E-state index in [1.807, 2.05) is 55.6 Å². The second kappa shape index (κ2) is 6.76. The molecule has 0 aliphatic rings. The molecule has 3 aromatic heterocycles. The van der Waals surface area contributed by atoms with Crippen LogP contribution in [0.3, 0.4) is 0 Å². The number of hydrogen-bond acceptors (Lipinski definition) is 5. The highest BCUT2D eigenvalue weighted by atomic mass is 79.9. The number of rotatable bonds is 4. The molecule has 4 rings (SSSR count). The van der Waals surface area contributed by atoms with Gasteiger partial charge >= 0.3 is 0 Å². The SMILES string of the molecule is CC(Oc1cc2cc(Br)ccc2nc1N)c1ncccc1-n1cccn1. The fourth-order valence-corrected chi connectivity index (χ4v) is 3.19. The molecule has 1 unspecified atom stereocenters. The molecule has 7 heteroatoms. The minimum Gasteiger partial charge on any atom is -0.480 e. The maximum Gasteiger partial charge on any atom is 0.166 e. The number of nitrogens with zero attached hydrogens (tertiary/aromatic N) is 4. The molecule has 0 spiro atoms. The summed E-state index contributed by atoms with van der Waals surface area (Å²) in [5.41, 5.74) is 8.55. The van der Waals surface area contributed by atoms with Crippen molar-refractivity contribution in [2.24, 2.45) is 0 Å². The fraction of sp³-hybridized carbons (Fsp3) is 0.105. The number of fused-ring (bicyclic) bond motifs is 1. The summed E-state index contributed by atoms with van der Waals surface area (Å²) < 4.78 is 8.85. The zero-order valence-electron chi connectivity index (χ0n) is 14.0. The number of benzene rings is 1. The van der Waals surface area contributed by atoms with E-state index in [4.69, 9.17) is 10.5 Å². The number of anilines is 1. The summed E-state index contributed by atoms with van der Waals surface area (Å²) in [4.78, 5) is 8.91. The van der Waals surface area contributed by atoms with Crippen LogP contribution in [0.15, 0.2) is 65.5 Å². The third-order valence-corrected chi connectivity index (χ3v) is 4.52. The normalized spacial score (nSPS) is 12.2. The standard InChI is InChI=1S/C19H16BrN5O/c1-12(18-16(4-2-7-22-18)25-9-3-8-23-25)26-17-11-13-10-14(20)5-6-15(13)24-19(17)21/h2-12H,1H3,(H2,21,24). The van der Waals surface area contributed by atoms with Gasteiger partial charge in [-0.1, -0.05) is 15.9 Å². The molecule has 2 N–H and O–H groups in total. The highest BCUT2D eigenvalue weighted by Gasteiger charge is 2.17. The molecule has 0 aliphatic heterocycles. The molecule has 0 fully saturated rings. The predicted molar refractivity (Wildman–Crippen MR) is 104 cm³/mol. The minimum atomic E-state index is -0.330. The Balaban J connectivity index is 1.70. The van der Waals surface area contributed by atoms with E-state index < -0.39 is 0 Å². The second-order valence-corrected chi connectivity index (χ2v) is 6.74. The van der Waals surface area contributed by atoms with E-state index in [-0.39, 0.29) is 6.10 Å². The van der Waals surface area contributed by atoms with E-state index in [9.17, 15) is 0 Å². The first-order valence-electron chi connectivity index (χ1n) is 8.09. The Hall–Kier alpha value is -2.93. The summed E-state index contributed by atoms with van der Waals surface area (Å²) in [7, 11) is 0. The van der Waals surface area contributed by atoms with Crippen molar-refractivity contribution in [1.29, 1.82) is 0 Å². The van der Waals surface area contributed by atoms with Crippen LogP contribution in [0.25, 0.3) is 16.6 Å². The van der Waals surface area contributed by atoms with Gasteiger partial charge in [0.1, 0.15) is 11.8 Å². The van der Waals surface area contributed by atoms with Crippen LogP contribution >= 0.6 is 15.9 Å². The van der Waals surface area contributed by atoms with Gasteiger partial charge in [0.15, 0.2) is 11.6 Å². The number of ether oxygens (including phenoxy) is 1. The van der Waals surface area contributed by atoms with Crippen LogP contribution in [0.2, 0.25) is 0 Å². The first-order valence-corrected chi connectivity index (χ1v) is 8.88. The van der Waals surface area contributed by atoms with Gasteiger partial charge in [-0.05, 0) is 49.4 Å². The molecular weight excluding hydrogens is 394 g/mol. The first-order chi connectivity index (χ1) is 12.6. The van der Waals surface area contributed by atoms with Crippen LogP contribution in [0.5, 0.6) is 5.75 Å². The Kier molecular flexibility index (Phi) is 4.30. The van der Waals surface area contributed by atoms with Crippen molar-refractivity contribution in [2.75, 3.05) is 5.73 Å². The number of hydrogen-bond donors (Lipinski definition) is 1. The largest absolute Gasteiger partial charge is 0.480 e. The van der Waals surface area contributed by atoms with Crippen LogP contribution in [0.1, 0.15) is 18.7 Å². The summed E-state index contributed by atoms with van der Waals surface area (Å²) >= 11 is 3.48. The molecule has 0 radical (unpaired) electrons. The van der Waals surface area contributed by atoms with Crippen LogP contribution < -0.4 is 10.5 Å². The fourth-order valence-electron chi connectivity index (χ4n) is 2.81. The Bertz CT molecular complexity index is 1060. The summed E-state index contributed by atoms with van der Waals surface area (Å²) in [6.45, 7) is 1.93. The van der Waals surface area contributed by atoms with E-state index in [1.54, 1.807) is 17.1 Å². The second-order valence-electron chi connectivity index (χ2n) is 5.83. The van der Waals surface area contributed by atoms with E-state index in [1.165, 1.54) is 0 Å². The third-order valence-electron chi connectivity index (χ3n) is 4.03. The topological polar surface area (TPSA) is 78.9 Å². The van der Waals surface area contributed by atoms with Gasteiger partial charge in [-0.3, -0.25) is 4.98 Å². The van der Waals surface area contributed by atoms with Gasteiger partial charge in [0.2, 0.25) is 0 Å². The quantitative estimate of drug-likeness (QED) is 0.543. The molecule has 6 nitrogen and oxygen atoms in total. The van der Waals surface area contributed by atoms with E-state index >= 15 is 0 Å². The van der Waals surface area contributed by atoms with Crippen molar-refractivity contribution in [3.63, 3.8) is 0 Å². The molecule has 130 valence electrons. The lowest BCUT2D eigenvalue weighted by Crippen LogP contribution is -2.11. The van der Waals surface area contributed by atoms with Crippen molar-refractivity contribution in [1.82, 2.24) is 19.7 Å². The molecule has 0 amide bonds.